The molecule has 4 heteroatoms. The lowest BCUT2D eigenvalue weighted by atomic mass is 10.1. The molecule has 0 amide bonds. The van der Waals surface area contributed by atoms with Crippen LogP contribution in [-0.4, -0.2) is 48.8 Å². The first-order valence-electron chi connectivity index (χ1n) is 7.53. The quantitative estimate of drug-likeness (QED) is 0.917. The van der Waals surface area contributed by atoms with E-state index in [1.54, 1.807) is 0 Å². The maximum absolute atomic E-state index is 9.28. The summed E-state index contributed by atoms with van der Waals surface area (Å²) in [5.41, 5.74) is 2.61. The van der Waals surface area contributed by atoms with Crippen molar-refractivity contribution >= 4 is 21.6 Å². The molecule has 0 aromatic heterocycles. The predicted octanol–water partition coefficient (Wildman–Crippen LogP) is 2.65. The van der Waals surface area contributed by atoms with E-state index in [1.165, 1.54) is 22.1 Å². The molecule has 2 aliphatic rings. The molecule has 0 aliphatic carbocycles. The fourth-order valence-corrected chi connectivity index (χ4v) is 4.21. The summed E-state index contributed by atoms with van der Waals surface area (Å²) < 4.78 is 1.20. The first kappa shape index (κ1) is 14.4. The molecule has 1 N–H and O–H groups in total. The fraction of sp³-hybridized carbons (Fsp3) is 0.625. The number of aliphatic hydroxyl groups is 1. The lowest BCUT2D eigenvalue weighted by molar-refractivity contribution is 0.204. The van der Waals surface area contributed by atoms with Gasteiger partial charge in [-0.15, -0.1) is 0 Å². The van der Waals surface area contributed by atoms with Crippen molar-refractivity contribution in [2.75, 3.05) is 37.7 Å². The van der Waals surface area contributed by atoms with Crippen molar-refractivity contribution in [3.63, 3.8) is 0 Å². The summed E-state index contributed by atoms with van der Waals surface area (Å²) in [6.45, 7) is 6.94. The molecule has 3 rings (SSSR count). The van der Waals surface area contributed by atoms with Gasteiger partial charge in [-0.05, 0) is 65.9 Å². The van der Waals surface area contributed by atoms with Crippen LogP contribution in [0, 0.1) is 12.8 Å². The van der Waals surface area contributed by atoms with Crippen molar-refractivity contribution in [3.05, 3.63) is 28.2 Å². The van der Waals surface area contributed by atoms with E-state index >= 15 is 0 Å². The van der Waals surface area contributed by atoms with Crippen LogP contribution in [0.2, 0.25) is 0 Å². The molecule has 0 saturated carbocycles. The van der Waals surface area contributed by atoms with Crippen molar-refractivity contribution < 1.29 is 5.11 Å². The summed E-state index contributed by atoms with van der Waals surface area (Å²) in [5, 5.41) is 9.28. The van der Waals surface area contributed by atoms with Gasteiger partial charge in [0.15, 0.2) is 0 Å². The molecular weight excluding hydrogens is 316 g/mol. The molecule has 0 bridgehead atoms. The molecule has 3 nitrogen and oxygen atoms in total. The number of hydrogen-bond acceptors (Lipinski definition) is 3. The standard InChI is InChI=1S/C16H23BrN2O/c1-12-2-3-16(15(17)8-12)19-7-5-14(10-19)18-6-4-13(9-18)11-20/h2-3,8,13-14,20H,4-7,9-11H2,1H3. The molecule has 20 heavy (non-hydrogen) atoms. The molecule has 0 spiro atoms. The monoisotopic (exact) mass is 338 g/mol. The molecule has 0 radical (unpaired) electrons. The van der Waals surface area contributed by atoms with Gasteiger partial charge in [0.2, 0.25) is 0 Å². The van der Waals surface area contributed by atoms with Crippen molar-refractivity contribution in [2.45, 2.75) is 25.8 Å². The van der Waals surface area contributed by atoms with Crippen molar-refractivity contribution in [2.24, 2.45) is 5.92 Å². The molecule has 2 atom stereocenters. The number of hydrogen-bond donors (Lipinski definition) is 1. The first-order chi connectivity index (χ1) is 9.67. The third-order valence-corrected chi connectivity index (χ3v) is 5.33. The highest BCUT2D eigenvalue weighted by atomic mass is 79.9. The smallest absolute Gasteiger partial charge is 0.0511 e. The average Bonchev–Trinajstić information content (AvgIpc) is 3.07. The normalized spacial score (nSPS) is 27.4. The van der Waals surface area contributed by atoms with E-state index < -0.39 is 0 Å². The van der Waals surface area contributed by atoms with Crippen molar-refractivity contribution in [3.8, 4) is 0 Å². The Balaban J connectivity index is 1.65. The predicted molar refractivity (Wildman–Crippen MR) is 86.3 cm³/mol. The minimum absolute atomic E-state index is 0.344. The Morgan fingerprint density at radius 2 is 2.10 bits per heavy atom. The maximum Gasteiger partial charge on any atom is 0.0511 e. The zero-order valence-electron chi connectivity index (χ0n) is 12.1. The van der Waals surface area contributed by atoms with Crippen molar-refractivity contribution in [1.82, 2.24) is 4.90 Å². The third kappa shape index (κ3) is 2.87. The molecule has 2 saturated heterocycles. The molecule has 1 aromatic rings. The molecule has 2 fully saturated rings. The van der Waals surface area contributed by atoms with Gasteiger partial charge >= 0.3 is 0 Å². The Morgan fingerprint density at radius 1 is 1.25 bits per heavy atom. The largest absolute Gasteiger partial charge is 0.396 e. The summed E-state index contributed by atoms with van der Waals surface area (Å²) >= 11 is 3.69. The van der Waals surface area contributed by atoms with Crippen LogP contribution in [0.1, 0.15) is 18.4 Å². The van der Waals surface area contributed by atoms with Crippen LogP contribution in [0.15, 0.2) is 22.7 Å². The zero-order valence-corrected chi connectivity index (χ0v) is 13.6. The maximum atomic E-state index is 9.28. The van der Waals surface area contributed by atoms with Crippen LogP contribution in [-0.2, 0) is 0 Å². The molecule has 2 heterocycles. The summed E-state index contributed by atoms with van der Waals surface area (Å²) in [6.07, 6.45) is 2.39. The molecule has 1 aromatic carbocycles. The average molecular weight is 339 g/mol. The topological polar surface area (TPSA) is 26.7 Å². The summed E-state index contributed by atoms with van der Waals surface area (Å²) in [5.74, 6) is 0.496. The summed E-state index contributed by atoms with van der Waals surface area (Å²) in [4.78, 5) is 5.06. The highest BCUT2D eigenvalue weighted by Gasteiger charge is 2.32. The number of likely N-dealkylation sites (tertiary alicyclic amines) is 1. The second-order valence-electron chi connectivity index (χ2n) is 6.18. The van der Waals surface area contributed by atoms with Crippen molar-refractivity contribution in [1.29, 1.82) is 0 Å². The highest BCUT2D eigenvalue weighted by molar-refractivity contribution is 9.10. The van der Waals surface area contributed by atoms with Gasteiger partial charge in [-0.2, -0.15) is 0 Å². The zero-order chi connectivity index (χ0) is 14.1. The molecule has 2 aliphatic heterocycles. The van der Waals surface area contributed by atoms with Gasteiger partial charge in [0.25, 0.3) is 0 Å². The Labute approximate surface area is 129 Å². The third-order valence-electron chi connectivity index (χ3n) is 4.70. The first-order valence-corrected chi connectivity index (χ1v) is 8.32. The van der Waals surface area contributed by atoms with E-state index in [9.17, 15) is 5.11 Å². The fourth-order valence-electron chi connectivity index (χ4n) is 3.47. The minimum atomic E-state index is 0.344. The van der Waals surface area contributed by atoms with Gasteiger partial charge in [0, 0.05) is 36.8 Å². The van der Waals surface area contributed by atoms with E-state index in [4.69, 9.17) is 0 Å². The number of aryl methyl sites for hydroxylation is 1. The van der Waals surface area contributed by atoms with Crippen LogP contribution in [0.25, 0.3) is 0 Å². The number of nitrogens with zero attached hydrogens (tertiary/aromatic N) is 2. The second kappa shape index (κ2) is 6.04. The van der Waals surface area contributed by atoms with E-state index in [-0.39, 0.29) is 0 Å². The molecule has 110 valence electrons. The highest BCUT2D eigenvalue weighted by Crippen LogP contribution is 2.32. The Morgan fingerprint density at radius 3 is 2.80 bits per heavy atom. The van der Waals surface area contributed by atoms with Crippen LogP contribution >= 0.6 is 15.9 Å². The van der Waals surface area contributed by atoms with E-state index in [0.717, 1.165) is 32.6 Å². The molecule has 2 unspecified atom stereocenters. The Bertz CT molecular complexity index is 480. The second-order valence-corrected chi connectivity index (χ2v) is 7.03. The van der Waals surface area contributed by atoms with E-state index in [1.807, 2.05) is 0 Å². The van der Waals surface area contributed by atoms with Gasteiger partial charge in [-0.3, -0.25) is 4.90 Å². The SMILES string of the molecule is Cc1ccc(N2CCC(N3CCC(CO)C3)C2)c(Br)c1. The van der Waals surface area contributed by atoms with Gasteiger partial charge in [0.05, 0.1) is 5.69 Å². The summed E-state index contributed by atoms with van der Waals surface area (Å²) in [6, 6.07) is 7.26. The summed E-state index contributed by atoms with van der Waals surface area (Å²) in [7, 11) is 0. The van der Waals surface area contributed by atoms with Crippen LogP contribution in [0.3, 0.4) is 0 Å². The van der Waals surface area contributed by atoms with Crippen LogP contribution in [0.4, 0.5) is 5.69 Å². The van der Waals surface area contributed by atoms with Gasteiger partial charge in [-0.25, -0.2) is 0 Å². The van der Waals surface area contributed by atoms with Crippen LogP contribution in [0.5, 0.6) is 0 Å². The Kier molecular flexibility index (Phi) is 4.34. The number of halogens is 1. The number of anilines is 1. The minimum Gasteiger partial charge on any atom is -0.396 e. The van der Waals surface area contributed by atoms with Gasteiger partial charge < -0.3 is 10.0 Å². The lowest BCUT2D eigenvalue weighted by Gasteiger charge is -2.25. The van der Waals surface area contributed by atoms with E-state index in [2.05, 4.69) is 50.9 Å². The van der Waals surface area contributed by atoms with Gasteiger partial charge in [-0.1, -0.05) is 6.07 Å². The molecular formula is C16H23BrN2O. The number of rotatable bonds is 3. The number of benzene rings is 1. The van der Waals surface area contributed by atoms with Gasteiger partial charge in [0.1, 0.15) is 0 Å². The lowest BCUT2D eigenvalue weighted by Crippen LogP contribution is -2.36. The number of aliphatic hydroxyl groups excluding tert-OH is 1. The van der Waals surface area contributed by atoms with Crippen LogP contribution < -0.4 is 4.90 Å². The Hall–Kier alpha value is -0.580. The van der Waals surface area contributed by atoms with E-state index in [0.29, 0.717) is 18.6 Å².